The number of nitrogens with one attached hydrogen (secondary N) is 1. The zero-order valence-electron chi connectivity index (χ0n) is 10.8. The van der Waals surface area contributed by atoms with Crippen molar-refractivity contribution < 1.29 is 4.39 Å². The molecule has 1 saturated heterocycles. The molecule has 1 N–H and O–H groups in total. The highest BCUT2D eigenvalue weighted by molar-refractivity contribution is 6.30. The van der Waals surface area contributed by atoms with Crippen LogP contribution in [-0.4, -0.2) is 30.6 Å². The molecule has 0 aliphatic carbocycles. The molecule has 0 radical (unpaired) electrons. The first-order valence-electron chi connectivity index (χ1n) is 6.59. The highest BCUT2D eigenvalue weighted by Crippen LogP contribution is 2.22. The summed E-state index contributed by atoms with van der Waals surface area (Å²) >= 11 is 5.81. The molecule has 0 aromatic heterocycles. The highest BCUT2D eigenvalue weighted by atomic mass is 35.5. The van der Waals surface area contributed by atoms with Gasteiger partial charge in [-0.05, 0) is 43.6 Å². The maximum atomic E-state index is 13.1. The number of nitrogens with zero attached hydrogens (tertiary/aromatic N) is 1. The topological polar surface area (TPSA) is 15.3 Å². The average molecular weight is 271 g/mol. The summed E-state index contributed by atoms with van der Waals surface area (Å²) in [6, 6.07) is 5.60. The summed E-state index contributed by atoms with van der Waals surface area (Å²) < 4.78 is 13.1. The number of rotatable bonds is 5. The molecule has 1 aliphatic rings. The lowest BCUT2D eigenvalue weighted by atomic mass is 10.1. The van der Waals surface area contributed by atoms with Crippen LogP contribution in [0.1, 0.15) is 25.3 Å². The molecule has 1 atom stereocenters. The van der Waals surface area contributed by atoms with E-state index in [4.69, 9.17) is 11.6 Å². The van der Waals surface area contributed by atoms with Crippen LogP contribution in [0.2, 0.25) is 5.02 Å². The molecule has 1 aromatic rings. The van der Waals surface area contributed by atoms with E-state index in [2.05, 4.69) is 17.1 Å². The second-order valence-electron chi connectivity index (χ2n) is 4.82. The smallest absolute Gasteiger partial charge is 0.141 e. The quantitative estimate of drug-likeness (QED) is 0.885. The Bertz CT molecular complexity index is 397. The number of hydrogen-bond acceptors (Lipinski definition) is 2. The third-order valence-corrected chi connectivity index (χ3v) is 3.79. The zero-order chi connectivity index (χ0) is 13.0. The maximum Gasteiger partial charge on any atom is 0.141 e. The minimum absolute atomic E-state index is 0.218. The van der Waals surface area contributed by atoms with Crippen molar-refractivity contribution in [3.05, 3.63) is 34.6 Å². The number of likely N-dealkylation sites (N-methyl/N-ethyl adjacent to an activating group) is 1. The molecule has 1 aromatic carbocycles. The normalized spacial score (nSPS) is 20.5. The highest BCUT2D eigenvalue weighted by Gasteiger charge is 2.23. The van der Waals surface area contributed by atoms with Crippen molar-refractivity contribution in [2.24, 2.45) is 0 Å². The van der Waals surface area contributed by atoms with Gasteiger partial charge in [0.25, 0.3) is 0 Å². The van der Waals surface area contributed by atoms with Crippen LogP contribution in [0, 0.1) is 5.82 Å². The summed E-state index contributed by atoms with van der Waals surface area (Å²) in [5.41, 5.74) is 1.09. The average Bonchev–Trinajstić information content (AvgIpc) is 2.79. The molecule has 100 valence electrons. The molecular formula is C14H20ClFN2. The summed E-state index contributed by atoms with van der Waals surface area (Å²) in [5.74, 6) is -0.342. The van der Waals surface area contributed by atoms with Gasteiger partial charge in [-0.25, -0.2) is 4.39 Å². The van der Waals surface area contributed by atoms with E-state index in [-0.39, 0.29) is 10.8 Å². The summed E-state index contributed by atoms with van der Waals surface area (Å²) in [6.07, 6.45) is 2.48. The van der Waals surface area contributed by atoms with Gasteiger partial charge in [0, 0.05) is 19.1 Å². The Hall–Kier alpha value is -0.640. The van der Waals surface area contributed by atoms with Gasteiger partial charge in [0.1, 0.15) is 5.82 Å². The molecule has 1 unspecified atom stereocenters. The third kappa shape index (κ3) is 3.44. The van der Waals surface area contributed by atoms with Gasteiger partial charge < -0.3 is 5.32 Å². The molecule has 0 bridgehead atoms. The van der Waals surface area contributed by atoms with Gasteiger partial charge in [0.15, 0.2) is 0 Å². The van der Waals surface area contributed by atoms with Gasteiger partial charge >= 0.3 is 0 Å². The first-order chi connectivity index (χ1) is 8.70. The largest absolute Gasteiger partial charge is 0.315 e. The van der Waals surface area contributed by atoms with E-state index in [0.717, 1.165) is 31.7 Å². The summed E-state index contributed by atoms with van der Waals surface area (Å²) in [7, 11) is 0. The number of likely N-dealkylation sites (tertiary alicyclic amines) is 1. The Labute approximate surface area is 113 Å². The van der Waals surface area contributed by atoms with Crippen LogP contribution in [0.3, 0.4) is 0 Å². The Morgan fingerprint density at radius 3 is 3.06 bits per heavy atom. The van der Waals surface area contributed by atoms with Crippen LogP contribution < -0.4 is 5.32 Å². The molecule has 2 nitrogen and oxygen atoms in total. The van der Waals surface area contributed by atoms with E-state index in [1.165, 1.54) is 18.9 Å². The van der Waals surface area contributed by atoms with E-state index in [1.54, 1.807) is 6.07 Å². The molecule has 2 rings (SSSR count). The van der Waals surface area contributed by atoms with E-state index < -0.39 is 0 Å². The lowest BCUT2D eigenvalue weighted by Gasteiger charge is -2.24. The SMILES string of the molecule is CCNCC1CCCN1Cc1ccc(F)c(Cl)c1. The lowest BCUT2D eigenvalue weighted by molar-refractivity contribution is 0.240. The van der Waals surface area contributed by atoms with Crippen molar-refractivity contribution in [2.45, 2.75) is 32.4 Å². The Kier molecular flexibility index (Phi) is 4.98. The van der Waals surface area contributed by atoms with Crippen LogP contribution >= 0.6 is 11.6 Å². The van der Waals surface area contributed by atoms with Crippen LogP contribution in [0.25, 0.3) is 0 Å². The minimum atomic E-state index is -0.342. The molecule has 4 heteroatoms. The molecular weight excluding hydrogens is 251 g/mol. The van der Waals surface area contributed by atoms with Crippen LogP contribution in [0.4, 0.5) is 4.39 Å². The van der Waals surface area contributed by atoms with Gasteiger partial charge in [-0.15, -0.1) is 0 Å². The minimum Gasteiger partial charge on any atom is -0.315 e. The molecule has 0 amide bonds. The Morgan fingerprint density at radius 1 is 1.50 bits per heavy atom. The number of hydrogen-bond donors (Lipinski definition) is 1. The third-order valence-electron chi connectivity index (χ3n) is 3.50. The van der Waals surface area contributed by atoms with E-state index in [1.807, 2.05) is 6.07 Å². The van der Waals surface area contributed by atoms with E-state index in [0.29, 0.717) is 6.04 Å². The van der Waals surface area contributed by atoms with Crippen molar-refractivity contribution in [1.82, 2.24) is 10.2 Å². The Balaban J connectivity index is 1.96. The van der Waals surface area contributed by atoms with Crippen LogP contribution in [0.5, 0.6) is 0 Å². The molecule has 1 aliphatic heterocycles. The lowest BCUT2D eigenvalue weighted by Crippen LogP contribution is -2.37. The van der Waals surface area contributed by atoms with Gasteiger partial charge in [0.05, 0.1) is 5.02 Å². The molecule has 0 saturated carbocycles. The fraction of sp³-hybridized carbons (Fsp3) is 0.571. The summed E-state index contributed by atoms with van der Waals surface area (Å²) in [4.78, 5) is 2.45. The number of halogens is 2. The molecule has 0 spiro atoms. The van der Waals surface area contributed by atoms with Gasteiger partial charge in [0.2, 0.25) is 0 Å². The van der Waals surface area contributed by atoms with Gasteiger partial charge in [-0.3, -0.25) is 4.90 Å². The van der Waals surface area contributed by atoms with Gasteiger partial charge in [-0.1, -0.05) is 24.6 Å². The fourth-order valence-corrected chi connectivity index (χ4v) is 2.72. The van der Waals surface area contributed by atoms with Crippen molar-refractivity contribution in [1.29, 1.82) is 0 Å². The first kappa shape index (κ1) is 13.8. The van der Waals surface area contributed by atoms with Crippen LogP contribution in [-0.2, 0) is 6.54 Å². The molecule has 1 heterocycles. The predicted octanol–water partition coefficient (Wildman–Crippen LogP) is 3.05. The van der Waals surface area contributed by atoms with Crippen molar-refractivity contribution in [3.63, 3.8) is 0 Å². The summed E-state index contributed by atoms with van der Waals surface area (Å²) in [6.45, 7) is 6.14. The second kappa shape index (κ2) is 6.50. The monoisotopic (exact) mass is 270 g/mol. The van der Waals surface area contributed by atoms with E-state index >= 15 is 0 Å². The fourth-order valence-electron chi connectivity index (χ4n) is 2.52. The number of benzene rings is 1. The van der Waals surface area contributed by atoms with Crippen molar-refractivity contribution in [3.8, 4) is 0 Å². The zero-order valence-corrected chi connectivity index (χ0v) is 11.5. The Morgan fingerprint density at radius 2 is 2.33 bits per heavy atom. The standard InChI is InChI=1S/C14H20ClFN2/c1-2-17-9-12-4-3-7-18(12)10-11-5-6-14(16)13(15)8-11/h5-6,8,12,17H,2-4,7,9-10H2,1H3. The van der Waals surface area contributed by atoms with Crippen LogP contribution in [0.15, 0.2) is 18.2 Å². The predicted molar refractivity (Wildman–Crippen MR) is 73.4 cm³/mol. The van der Waals surface area contributed by atoms with Gasteiger partial charge in [-0.2, -0.15) is 0 Å². The molecule has 1 fully saturated rings. The van der Waals surface area contributed by atoms with Crippen molar-refractivity contribution in [2.75, 3.05) is 19.6 Å². The first-order valence-corrected chi connectivity index (χ1v) is 6.97. The molecule has 18 heavy (non-hydrogen) atoms. The second-order valence-corrected chi connectivity index (χ2v) is 5.23. The summed E-state index contributed by atoms with van der Waals surface area (Å²) in [5, 5.41) is 3.62. The van der Waals surface area contributed by atoms with Crippen molar-refractivity contribution >= 4 is 11.6 Å². The van der Waals surface area contributed by atoms with E-state index in [9.17, 15) is 4.39 Å². The maximum absolute atomic E-state index is 13.1.